The highest BCUT2D eigenvalue weighted by atomic mass is 35.5. The van der Waals surface area contributed by atoms with Crippen molar-refractivity contribution in [1.82, 2.24) is 0 Å². The monoisotopic (exact) mass is 297 g/mol. The molecule has 0 amide bonds. The molecule has 0 saturated carbocycles. The predicted octanol–water partition coefficient (Wildman–Crippen LogP) is 5.18. The van der Waals surface area contributed by atoms with Gasteiger partial charge >= 0.3 is 0 Å². The van der Waals surface area contributed by atoms with Crippen LogP contribution in [0.15, 0.2) is 41.3 Å². The van der Waals surface area contributed by atoms with Crippen LogP contribution in [0.2, 0.25) is 10.0 Å². The highest BCUT2D eigenvalue weighted by molar-refractivity contribution is 7.98. The smallest absolute Gasteiger partial charge is 0.0646 e. The predicted molar refractivity (Wildman–Crippen MR) is 81.6 cm³/mol. The molecule has 0 spiro atoms. The molecule has 0 aliphatic heterocycles. The Bertz CT molecular complexity index is 552. The van der Waals surface area contributed by atoms with Gasteiger partial charge in [-0.1, -0.05) is 35.3 Å². The van der Waals surface area contributed by atoms with E-state index in [9.17, 15) is 0 Å². The van der Waals surface area contributed by atoms with Gasteiger partial charge in [0.1, 0.15) is 0 Å². The van der Waals surface area contributed by atoms with E-state index in [1.807, 2.05) is 43.3 Å². The Morgan fingerprint density at radius 3 is 2.44 bits per heavy atom. The summed E-state index contributed by atoms with van der Waals surface area (Å²) in [6, 6.07) is 11.7. The van der Waals surface area contributed by atoms with Gasteiger partial charge in [-0.2, -0.15) is 0 Å². The van der Waals surface area contributed by atoms with Crippen molar-refractivity contribution in [3.63, 3.8) is 0 Å². The molecule has 0 heterocycles. The van der Waals surface area contributed by atoms with E-state index in [2.05, 4.69) is 0 Å². The molecular formula is C14H13Cl2NS. The van der Waals surface area contributed by atoms with Crippen LogP contribution in [0, 0.1) is 6.92 Å². The Balaban J connectivity index is 2.10. The number of anilines is 1. The van der Waals surface area contributed by atoms with Crippen LogP contribution in [0.5, 0.6) is 0 Å². The van der Waals surface area contributed by atoms with E-state index in [1.54, 1.807) is 11.8 Å². The highest BCUT2D eigenvalue weighted by Gasteiger charge is 2.04. The fraction of sp³-hybridized carbons (Fsp3) is 0.143. The number of nitrogens with two attached hydrogens (primary N) is 1. The van der Waals surface area contributed by atoms with Crippen LogP contribution >= 0.6 is 35.0 Å². The topological polar surface area (TPSA) is 26.0 Å². The minimum absolute atomic E-state index is 0.610. The second-order valence-corrected chi connectivity index (χ2v) is 5.92. The lowest BCUT2D eigenvalue weighted by molar-refractivity contribution is 1.29. The molecule has 0 fully saturated rings. The second kappa shape index (κ2) is 5.87. The van der Waals surface area contributed by atoms with Crippen LogP contribution in [0.25, 0.3) is 0 Å². The number of rotatable bonds is 3. The molecular weight excluding hydrogens is 285 g/mol. The molecule has 0 unspecified atom stereocenters. The molecule has 2 aromatic rings. The average molecular weight is 298 g/mol. The summed E-state index contributed by atoms with van der Waals surface area (Å²) < 4.78 is 0. The second-order valence-electron chi connectivity index (χ2n) is 4.05. The number of benzene rings is 2. The van der Waals surface area contributed by atoms with Gasteiger partial charge in [0.05, 0.1) is 10.7 Å². The molecule has 4 heteroatoms. The van der Waals surface area contributed by atoms with Crippen molar-refractivity contribution in [3.05, 3.63) is 57.6 Å². The van der Waals surface area contributed by atoms with Crippen LogP contribution in [-0.2, 0) is 5.75 Å². The summed E-state index contributed by atoms with van der Waals surface area (Å²) in [6.07, 6.45) is 0. The van der Waals surface area contributed by atoms with Gasteiger partial charge in [-0.25, -0.2) is 0 Å². The first-order chi connectivity index (χ1) is 8.56. The molecule has 18 heavy (non-hydrogen) atoms. The van der Waals surface area contributed by atoms with Crippen molar-refractivity contribution < 1.29 is 0 Å². The van der Waals surface area contributed by atoms with E-state index < -0.39 is 0 Å². The molecule has 0 aliphatic carbocycles. The Morgan fingerprint density at radius 1 is 1.11 bits per heavy atom. The fourth-order valence-corrected chi connectivity index (χ4v) is 2.94. The van der Waals surface area contributed by atoms with Gasteiger partial charge in [-0.3, -0.25) is 0 Å². The van der Waals surface area contributed by atoms with E-state index in [0.717, 1.165) is 21.2 Å². The van der Waals surface area contributed by atoms with Crippen molar-refractivity contribution in [2.45, 2.75) is 17.6 Å². The molecule has 2 N–H and O–H groups in total. The van der Waals surface area contributed by atoms with E-state index in [-0.39, 0.29) is 0 Å². The first-order valence-corrected chi connectivity index (χ1v) is 7.23. The number of aryl methyl sites for hydroxylation is 1. The lowest BCUT2D eigenvalue weighted by Crippen LogP contribution is -1.90. The Kier molecular flexibility index (Phi) is 4.44. The third kappa shape index (κ3) is 3.35. The van der Waals surface area contributed by atoms with Crippen molar-refractivity contribution >= 4 is 40.7 Å². The number of hydrogen-bond acceptors (Lipinski definition) is 2. The molecule has 0 saturated heterocycles. The third-order valence-electron chi connectivity index (χ3n) is 2.60. The molecule has 2 aromatic carbocycles. The van der Waals surface area contributed by atoms with E-state index >= 15 is 0 Å². The summed E-state index contributed by atoms with van der Waals surface area (Å²) in [4.78, 5) is 1.16. The number of hydrogen-bond donors (Lipinski definition) is 1. The Hall–Kier alpha value is -0.830. The van der Waals surface area contributed by atoms with Crippen LogP contribution < -0.4 is 5.73 Å². The van der Waals surface area contributed by atoms with Gasteiger partial charge in [0.15, 0.2) is 0 Å². The van der Waals surface area contributed by atoms with Gasteiger partial charge in [0.2, 0.25) is 0 Å². The summed E-state index contributed by atoms with van der Waals surface area (Å²) in [5.74, 6) is 0.887. The zero-order valence-electron chi connectivity index (χ0n) is 9.91. The maximum atomic E-state index is 6.03. The van der Waals surface area contributed by atoms with Gasteiger partial charge in [0.25, 0.3) is 0 Å². The van der Waals surface area contributed by atoms with Crippen molar-refractivity contribution in [2.75, 3.05) is 5.73 Å². The molecule has 0 aromatic heterocycles. The zero-order valence-corrected chi connectivity index (χ0v) is 12.2. The largest absolute Gasteiger partial charge is 0.398 e. The quantitative estimate of drug-likeness (QED) is 0.624. The lowest BCUT2D eigenvalue weighted by Gasteiger charge is -2.08. The summed E-state index contributed by atoms with van der Waals surface area (Å²) in [5.41, 5.74) is 8.77. The van der Waals surface area contributed by atoms with Gasteiger partial charge in [-0.15, -0.1) is 11.8 Å². The lowest BCUT2D eigenvalue weighted by atomic mass is 10.2. The zero-order chi connectivity index (χ0) is 13.1. The standard InChI is InChI=1S/C14H13Cl2NS/c1-9-6-13(17)12(16)7-14(9)18-8-10-2-4-11(15)5-3-10/h2-7H,8,17H2,1H3. The average Bonchev–Trinajstić information content (AvgIpc) is 2.34. The molecule has 1 nitrogen and oxygen atoms in total. The molecule has 94 valence electrons. The minimum Gasteiger partial charge on any atom is -0.398 e. The maximum absolute atomic E-state index is 6.03. The number of nitrogen functional groups attached to an aromatic ring is 1. The fourth-order valence-electron chi connectivity index (χ4n) is 1.58. The van der Waals surface area contributed by atoms with Gasteiger partial charge in [-0.05, 0) is 42.3 Å². The minimum atomic E-state index is 0.610. The molecule has 2 rings (SSSR count). The first-order valence-electron chi connectivity index (χ1n) is 5.49. The van der Waals surface area contributed by atoms with Crippen LogP contribution in [-0.4, -0.2) is 0 Å². The van der Waals surface area contributed by atoms with Gasteiger partial charge in [0, 0.05) is 15.7 Å². The van der Waals surface area contributed by atoms with E-state index in [0.29, 0.717) is 10.7 Å². The molecule has 0 bridgehead atoms. The SMILES string of the molecule is Cc1cc(N)c(Cl)cc1SCc1ccc(Cl)cc1. The van der Waals surface area contributed by atoms with Gasteiger partial charge < -0.3 is 5.73 Å². The maximum Gasteiger partial charge on any atom is 0.0646 e. The Morgan fingerprint density at radius 2 is 1.78 bits per heavy atom. The van der Waals surface area contributed by atoms with Crippen LogP contribution in [0.4, 0.5) is 5.69 Å². The highest BCUT2D eigenvalue weighted by Crippen LogP contribution is 2.32. The summed E-state index contributed by atoms with van der Waals surface area (Å²) in [6.45, 7) is 2.04. The normalized spacial score (nSPS) is 10.6. The van der Waals surface area contributed by atoms with Crippen molar-refractivity contribution in [1.29, 1.82) is 0 Å². The number of halogens is 2. The van der Waals surface area contributed by atoms with Crippen LogP contribution in [0.3, 0.4) is 0 Å². The summed E-state index contributed by atoms with van der Waals surface area (Å²) in [5, 5.41) is 1.37. The van der Waals surface area contributed by atoms with Crippen LogP contribution in [0.1, 0.15) is 11.1 Å². The first kappa shape index (κ1) is 13.6. The van der Waals surface area contributed by atoms with Crippen molar-refractivity contribution in [3.8, 4) is 0 Å². The molecule has 0 aliphatic rings. The third-order valence-corrected chi connectivity index (χ3v) is 4.41. The summed E-state index contributed by atoms with van der Waals surface area (Å²) in [7, 11) is 0. The van der Waals surface area contributed by atoms with E-state index in [1.165, 1.54) is 5.56 Å². The van der Waals surface area contributed by atoms with E-state index in [4.69, 9.17) is 28.9 Å². The van der Waals surface area contributed by atoms with Crippen molar-refractivity contribution in [2.24, 2.45) is 0 Å². The Labute approximate surface area is 121 Å². The molecule has 0 radical (unpaired) electrons. The molecule has 0 atom stereocenters. The summed E-state index contributed by atoms with van der Waals surface area (Å²) >= 11 is 13.6. The number of thioether (sulfide) groups is 1.